The van der Waals surface area contributed by atoms with Gasteiger partial charge < -0.3 is 4.74 Å². The van der Waals surface area contributed by atoms with E-state index in [1.54, 1.807) is 19.1 Å². The Labute approximate surface area is 115 Å². The van der Waals surface area contributed by atoms with Crippen LogP contribution < -0.4 is 4.74 Å². The first-order valence-corrected chi connectivity index (χ1v) is 5.91. The number of ether oxygens (including phenoxy) is 1. The lowest BCUT2D eigenvalue weighted by molar-refractivity contribution is -0.384. The Morgan fingerprint density at radius 2 is 1.85 bits per heavy atom. The van der Waals surface area contributed by atoms with E-state index in [4.69, 9.17) is 4.74 Å². The number of nitrogens with zero attached hydrogens (tertiary/aromatic N) is 3. The van der Waals surface area contributed by atoms with Crippen molar-refractivity contribution in [1.82, 2.24) is 0 Å². The van der Waals surface area contributed by atoms with Crippen LogP contribution in [0.1, 0.15) is 5.56 Å². The van der Waals surface area contributed by atoms with Crippen molar-refractivity contribution in [1.29, 1.82) is 0 Å². The van der Waals surface area contributed by atoms with Crippen molar-refractivity contribution in [2.75, 3.05) is 7.11 Å². The summed E-state index contributed by atoms with van der Waals surface area (Å²) < 4.78 is 5.22. The topological polar surface area (TPSA) is 77.1 Å². The number of methoxy groups -OCH3 is 1. The lowest BCUT2D eigenvalue weighted by atomic mass is 10.1. The number of aryl methyl sites for hydroxylation is 1. The number of nitro groups is 1. The fraction of sp³-hybridized carbons (Fsp3) is 0.143. The Kier molecular flexibility index (Phi) is 4.05. The van der Waals surface area contributed by atoms with Crippen molar-refractivity contribution in [3.8, 4) is 5.75 Å². The second-order valence-corrected chi connectivity index (χ2v) is 4.11. The molecular weight excluding hydrogens is 258 g/mol. The van der Waals surface area contributed by atoms with Crippen molar-refractivity contribution in [3.05, 3.63) is 58.1 Å². The highest BCUT2D eigenvalue weighted by atomic mass is 16.6. The Balaban J connectivity index is 2.44. The molecular formula is C14H13N3O3. The Hall–Kier alpha value is -2.76. The molecule has 20 heavy (non-hydrogen) atoms. The first-order valence-electron chi connectivity index (χ1n) is 5.91. The summed E-state index contributed by atoms with van der Waals surface area (Å²) in [6.45, 7) is 1.73. The van der Waals surface area contributed by atoms with Gasteiger partial charge in [-0.3, -0.25) is 10.1 Å². The minimum atomic E-state index is -0.464. The molecule has 0 unspecified atom stereocenters. The summed E-state index contributed by atoms with van der Waals surface area (Å²) >= 11 is 0. The zero-order valence-electron chi connectivity index (χ0n) is 11.1. The van der Waals surface area contributed by atoms with E-state index in [1.165, 1.54) is 19.2 Å². The molecule has 2 aromatic carbocycles. The molecule has 0 aliphatic rings. The van der Waals surface area contributed by atoms with Crippen LogP contribution >= 0.6 is 0 Å². The maximum Gasteiger partial charge on any atom is 0.272 e. The van der Waals surface area contributed by atoms with Crippen LogP contribution in [0.5, 0.6) is 5.75 Å². The van der Waals surface area contributed by atoms with Gasteiger partial charge in [-0.2, -0.15) is 5.11 Å². The van der Waals surface area contributed by atoms with E-state index in [0.29, 0.717) is 22.7 Å². The normalized spacial score (nSPS) is 10.7. The minimum absolute atomic E-state index is 0.0367. The molecule has 0 heterocycles. The van der Waals surface area contributed by atoms with E-state index in [0.717, 1.165) is 0 Å². The van der Waals surface area contributed by atoms with Crippen molar-refractivity contribution in [2.24, 2.45) is 10.2 Å². The van der Waals surface area contributed by atoms with Gasteiger partial charge in [0, 0.05) is 17.7 Å². The molecule has 0 bridgehead atoms. The maximum absolute atomic E-state index is 10.9. The molecule has 0 aliphatic heterocycles. The molecule has 2 aromatic rings. The zero-order chi connectivity index (χ0) is 14.5. The lowest BCUT2D eigenvalue weighted by Crippen LogP contribution is -1.92. The highest BCUT2D eigenvalue weighted by Crippen LogP contribution is 2.36. The van der Waals surface area contributed by atoms with Gasteiger partial charge in [-0.1, -0.05) is 18.2 Å². The number of hydrogen-bond donors (Lipinski definition) is 0. The average Bonchev–Trinajstić information content (AvgIpc) is 2.45. The van der Waals surface area contributed by atoms with Crippen molar-refractivity contribution >= 4 is 17.1 Å². The Morgan fingerprint density at radius 1 is 1.15 bits per heavy atom. The molecule has 0 saturated heterocycles. The number of azo groups is 1. The summed E-state index contributed by atoms with van der Waals surface area (Å²) in [6.07, 6.45) is 0. The third kappa shape index (κ3) is 2.97. The second-order valence-electron chi connectivity index (χ2n) is 4.11. The third-order valence-electron chi connectivity index (χ3n) is 2.68. The van der Waals surface area contributed by atoms with E-state index >= 15 is 0 Å². The molecule has 0 N–H and O–H groups in total. The molecule has 0 atom stereocenters. The summed E-state index contributed by atoms with van der Waals surface area (Å²) in [5, 5.41) is 19.0. The Bertz CT molecular complexity index is 654. The zero-order valence-corrected chi connectivity index (χ0v) is 11.1. The van der Waals surface area contributed by atoms with Crippen LogP contribution in [0.4, 0.5) is 17.1 Å². The van der Waals surface area contributed by atoms with Gasteiger partial charge in [0.25, 0.3) is 5.69 Å². The number of benzene rings is 2. The number of hydrogen-bond acceptors (Lipinski definition) is 5. The first-order chi connectivity index (χ1) is 9.61. The van der Waals surface area contributed by atoms with Gasteiger partial charge in [0.2, 0.25) is 0 Å². The average molecular weight is 271 g/mol. The van der Waals surface area contributed by atoms with Crippen LogP contribution in [0.3, 0.4) is 0 Å². The van der Waals surface area contributed by atoms with Gasteiger partial charge in [-0.15, -0.1) is 5.11 Å². The van der Waals surface area contributed by atoms with Gasteiger partial charge in [0.05, 0.1) is 17.7 Å². The van der Waals surface area contributed by atoms with Crippen molar-refractivity contribution in [2.45, 2.75) is 6.92 Å². The summed E-state index contributed by atoms with van der Waals surface area (Å²) in [4.78, 5) is 10.4. The van der Waals surface area contributed by atoms with Gasteiger partial charge in [0.1, 0.15) is 11.4 Å². The fourth-order valence-corrected chi connectivity index (χ4v) is 1.79. The molecule has 6 nitrogen and oxygen atoms in total. The first kappa shape index (κ1) is 13.7. The van der Waals surface area contributed by atoms with E-state index < -0.39 is 4.92 Å². The van der Waals surface area contributed by atoms with E-state index in [9.17, 15) is 10.1 Å². The number of rotatable bonds is 4. The molecule has 102 valence electrons. The standard InChI is InChI=1S/C14H13N3O3/c1-10-8-12(17(18)19)9-13(14(10)20-2)16-15-11-6-4-3-5-7-11/h3-9H,1-2H3. The predicted octanol–water partition coefficient (Wildman–Crippen LogP) is 4.33. The predicted molar refractivity (Wildman–Crippen MR) is 75.0 cm³/mol. The molecule has 0 saturated carbocycles. The molecule has 0 spiro atoms. The maximum atomic E-state index is 10.9. The molecule has 0 fully saturated rings. The molecule has 0 aromatic heterocycles. The monoisotopic (exact) mass is 271 g/mol. The quantitative estimate of drug-likeness (QED) is 0.471. The highest BCUT2D eigenvalue weighted by molar-refractivity contribution is 5.61. The molecule has 2 rings (SSSR count). The summed E-state index contributed by atoms with van der Waals surface area (Å²) in [7, 11) is 1.50. The van der Waals surface area contributed by atoms with E-state index in [-0.39, 0.29) is 5.69 Å². The van der Waals surface area contributed by atoms with Crippen LogP contribution in [0.2, 0.25) is 0 Å². The third-order valence-corrected chi connectivity index (χ3v) is 2.68. The van der Waals surface area contributed by atoms with Crippen molar-refractivity contribution < 1.29 is 9.66 Å². The van der Waals surface area contributed by atoms with Gasteiger partial charge >= 0.3 is 0 Å². The number of non-ortho nitro benzene ring substituents is 1. The summed E-state index contributed by atoms with van der Waals surface area (Å²) in [5.41, 5.74) is 1.61. The van der Waals surface area contributed by atoms with Crippen LogP contribution in [0, 0.1) is 17.0 Å². The lowest BCUT2D eigenvalue weighted by Gasteiger charge is -2.07. The fourth-order valence-electron chi connectivity index (χ4n) is 1.79. The van der Waals surface area contributed by atoms with Crippen LogP contribution in [-0.2, 0) is 0 Å². The van der Waals surface area contributed by atoms with Gasteiger partial charge in [-0.05, 0) is 19.1 Å². The largest absolute Gasteiger partial charge is 0.494 e. The Morgan fingerprint density at radius 3 is 2.45 bits per heavy atom. The van der Waals surface area contributed by atoms with E-state index in [1.807, 2.05) is 18.2 Å². The SMILES string of the molecule is COc1c(C)cc([N+](=O)[O-])cc1N=Nc1ccccc1. The number of nitro benzene ring substituents is 1. The molecule has 0 radical (unpaired) electrons. The van der Waals surface area contributed by atoms with Gasteiger partial charge in [-0.25, -0.2) is 0 Å². The summed E-state index contributed by atoms with van der Waals surface area (Å²) in [6, 6.07) is 11.9. The highest BCUT2D eigenvalue weighted by Gasteiger charge is 2.14. The van der Waals surface area contributed by atoms with E-state index in [2.05, 4.69) is 10.2 Å². The smallest absolute Gasteiger partial charge is 0.272 e. The van der Waals surface area contributed by atoms with Crippen molar-refractivity contribution in [3.63, 3.8) is 0 Å². The molecule has 0 aliphatic carbocycles. The van der Waals surface area contributed by atoms with Crippen LogP contribution in [0.25, 0.3) is 0 Å². The second kappa shape index (κ2) is 5.92. The molecule has 0 amide bonds. The minimum Gasteiger partial charge on any atom is -0.494 e. The van der Waals surface area contributed by atoms with Crippen LogP contribution in [-0.4, -0.2) is 12.0 Å². The van der Waals surface area contributed by atoms with Crippen LogP contribution in [0.15, 0.2) is 52.7 Å². The summed E-state index contributed by atoms with van der Waals surface area (Å²) in [5.74, 6) is 0.482. The van der Waals surface area contributed by atoms with Gasteiger partial charge in [0.15, 0.2) is 0 Å². The molecule has 6 heteroatoms.